The van der Waals surface area contributed by atoms with Crippen molar-refractivity contribution in [1.29, 1.82) is 0 Å². The van der Waals surface area contributed by atoms with Crippen LogP contribution < -0.4 is 4.74 Å². The molecule has 0 amide bonds. The third-order valence-electron chi connectivity index (χ3n) is 8.53. The molecule has 4 aliphatic rings. The standard InChI is InChI=1S/C33H43F3O7/c34-33(35,36)23-10-9-11-24(20-23)40-22-25(41-31-14-5-7-18-38-31)16-17-27-26-12-3-1-2-4-13-30(37)42-28(26)21-29(27)43-32-15-6-8-19-39-32/h1,3,9-11,16-17,20,25-29,31-32H,2,4-8,12-15,18-19,21-22H2/b3-1-,17-16+/t25-,26-,27-,28+,29-,31?,32?/m1/s1. The molecule has 1 aliphatic carbocycles. The van der Waals surface area contributed by atoms with Crippen LogP contribution in [0.5, 0.6) is 5.75 Å². The first-order chi connectivity index (χ1) is 20.8. The minimum absolute atomic E-state index is 0.000827. The molecule has 7 nitrogen and oxygen atoms in total. The first-order valence-electron chi connectivity index (χ1n) is 15.7. The summed E-state index contributed by atoms with van der Waals surface area (Å²) in [5.41, 5.74) is -0.769. The normalized spacial score (nSPS) is 32.1. The van der Waals surface area contributed by atoms with E-state index in [1.54, 1.807) is 0 Å². The lowest BCUT2D eigenvalue weighted by Crippen LogP contribution is -2.32. The van der Waals surface area contributed by atoms with Gasteiger partial charge >= 0.3 is 12.1 Å². The van der Waals surface area contributed by atoms with Crippen molar-refractivity contribution in [3.05, 3.63) is 54.1 Å². The minimum atomic E-state index is -4.46. The van der Waals surface area contributed by atoms with Gasteiger partial charge in [-0.15, -0.1) is 0 Å². The quantitative estimate of drug-likeness (QED) is 0.218. The zero-order valence-corrected chi connectivity index (χ0v) is 24.6. The molecule has 10 heteroatoms. The summed E-state index contributed by atoms with van der Waals surface area (Å²) in [6.07, 6.45) is 10.7. The smallest absolute Gasteiger partial charge is 0.416 e. The van der Waals surface area contributed by atoms with Crippen molar-refractivity contribution in [3.63, 3.8) is 0 Å². The Balaban J connectivity index is 1.35. The minimum Gasteiger partial charge on any atom is -0.491 e. The highest BCUT2D eigenvalue weighted by molar-refractivity contribution is 5.69. The van der Waals surface area contributed by atoms with Gasteiger partial charge in [-0.3, -0.25) is 4.79 Å². The van der Waals surface area contributed by atoms with Crippen molar-refractivity contribution in [1.82, 2.24) is 0 Å². The second-order valence-electron chi connectivity index (χ2n) is 11.8. The van der Waals surface area contributed by atoms with E-state index < -0.39 is 24.1 Å². The van der Waals surface area contributed by atoms with Crippen LogP contribution in [0.15, 0.2) is 48.6 Å². The van der Waals surface area contributed by atoms with Gasteiger partial charge in [0.2, 0.25) is 0 Å². The predicted octanol–water partition coefficient (Wildman–Crippen LogP) is 7.14. The lowest BCUT2D eigenvalue weighted by atomic mass is 9.89. The van der Waals surface area contributed by atoms with E-state index in [0.717, 1.165) is 69.9 Å². The van der Waals surface area contributed by atoms with Gasteiger partial charge in [0.05, 0.1) is 11.7 Å². The van der Waals surface area contributed by atoms with E-state index in [9.17, 15) is 18.0 Å². The van der Waals surface area contributed by atoms with Gasteiger partial charge in [0.25, 0.3) is 0 Å². The molecule has 3 heterocycles. The van der Waals surface area contributed by atoms with E-state index in [4.69, 9.17) is 28.4 Å². The molecule has 1 saturated carbocycles. The number of allylic oxidation sites excluding steroid dienone is 2. The molecule has 0 aromatic heterocycles. The summed E-state index contributed by atoms with van der Waals surface area (Å²) in [7, 11) is 0. The maximum absolute atomic E-state index is 13.3. The van der Waals surface area contributed by atoms with E-state index in [2.05, 4.69) is 18.2 Å². The van der Waals surface area contributed by atoms with Crippen molar-refractivity contribution in [2.45, 2.75) is 108 Å². The van der Waals surface area contributed by atoms with Crippen LogP contribution in [-0.4, -0.2) is 56.7 Å². The van der Waals surface area contributed by atoms with Gasteiger partial charge in [0.15, 0.2) is 12.6 Å². The zero-order valence-electron chi connectivity index (χ0n) is 24.6. The molecule has 3 aliphatic heterocycles. The number of carbonyl (C=O) groups excluding carboxylic acids is 1. The number of halogens is 3. The molecule has 0 bridgehead atoms. The first kappa shape index (κ1) is 32.0. The molecule has 1 aromatic carbocycles. The van der Waals surface area contributed by atoms with Crippen LogP contribution in [0.25, 0.3) is 0 Å². The number of esters is 1. The van der Waals surface area contributed by atoms with Gasteiger partial charge in [-0.25, -0.2) is 0 Å². The predicted molar refractivity (Wildman–Crippen MR) is 152 cm³/mol. The number of ether oxygens (including phenoxy) is 6. The molecule has 0 N–H and O–H groups in total. The molecule has 5 rings (SSSR count). The molecular weight excluding hydrogens is 565 g/mol. The SMILES string of the molecule is O=C1CCC/C=C\C[C@@H]2[C@@H](/C=C/[C@H](COc3cccc(C(F)(F)F)c3)OC3CCCCO3)[C@H](OC3CCCCO3)C[C@@H]2O1. The van der Waals surface area contributed by atoms with Gasteiger partial charge in [-0.05, 0) is 76.0 Å². The Morgan fingerprint density at radius 2 is 1.79 bits per heavy atom. The maximum atomic E-state index is 13.3. The fourth-order valence-electron chi connectivity index (χ4n) is 6.26. The number of fused-ring (bicyclic) bond motifs is 1. The molecule has 0 radical (unpaired) electrons. The third-order valence-corrected chi connectivity index (χ3v) is 8.53. The molecule has 1 aromatic rings. The fraction of sp³-hybridized carbons (Fsp3) is 0.667. The lowest BCUT2D eigenvalue weighted by Gasteiger charge is -2.30. The van der Waals surface area contributed by atoms with Crippen LogP contribution >= 0.6 is 0 Å². The Morgan fingerprint density at radius 1 is 1.00 bits per heavy atom. The van der Waals surface area contributed by atoms with Crippen LogP contribution in [-0.2, 0) is 34.7 Å². The largest absolute Gasteiger partial charge is 0.491 e. The Hall–Kier alpha value is -2.40. The van der Waals surface area contributed by atoms with Crippen molar-refractivity contribution in [3.8, 4) is 5.75 Å². The van der Waals surface area contributed by atoms with Gasteiger partial charge in [-0.1, -0.05) is 30.4 Å². The summed E-state index contributed by atoms with van der Waals surface area (Å²) in [5, 5.41) is 0. The van der Waals surface area contributed by atoms with E-state index in [1.807, 2.05) is 6.08 Å². The monoisotopic (exact) mass is 608 g/mol. The first-order valence-corrected chi connectivity index (χ1v) is 15.7. The summed E-state index contributed by atoms with van der Waals surface area (Å²) in [5.74, 6) is -0.173. The fourth-order valence-corrected chi connectivity index (χ4v) is 6.26. The summed E-state index contributed by atoms with van der Waals surface area (Å²) in [6.45, 7) is 1.26. The van der Waals surface area contributed by atoms with Crippen molar-refractivity contribution in [2.75, 3.05) is 19.8 Å². The van der Waals surface area contributed by atoms with Crippen LogP contribution in [0.3, 0.4) is 0 Å². The molecule has 43 heavy (non-hydrogen) atoms. The van der Waals surface area contributed by atoms with Gasteiger partial charge in [-0.2, -0.15) is 13.2 Å². The number of hydrogen-bond acceptors (Lipinski definition) is 7. The van der Waals surface area contributed by atoms with Crippen molar-refractivity contribution < 1.29 is 46.4 Å². The van der Waals surface area contributed by atoms with Gasteiger partial charge in [0, 0.05) is 37.9 Å². The molecular formula is C33H43F3O7. The van der Waals surface area contributed by atoms with Crippen LogP contribution in [0.4, 0.5) is 13.2 Å². The third kappa shape index (κ3) is 9.54. The summed E-state index contributed by atoms with van der Waals surface area (Å²) in [6, 6.07) is 4.85. The molecule has 7 atom stereocenters. The summed E-state index contributed by atoms with van der Waals surface area (Å²) >= 11 is 0. The van der Waals surface area contributed by atoms with Crippen LogP contribution in [0.1, 0.15) is 76.2 Å². The average Bonchev–Trinajstić information content (AvgIpc) is 3.32. The number of carbonyl (C=O) groups is 1. The van der Waals surface area contributed by atoms with Crippen molar-refractivity contribution >= 4 is 5.97 Å². The summed E-state index contributed by atoms with van der Waals surface area (Å²) in [4.78, 5) is 12.6. The molecule has 0 spiro atoms. The second-order valence-corrected chi connectivity index (χ2v) is 11.8. The Morgan fingerprint density at radius 3 is 2.53 bits per heavy atom. The maximum Gasteiger partial charge on any atom is 0.416 e. The highest BCUT2D eigenvalue weighted by Gasteiger charge is 2.45. The Kier molecular flexibility index (Phi) is 11.6. The van der Waals surface area contributed by atoms with E-state index >= 15 is 0 Å². The Labute approximate surface area is 251 Å². The lowest BCUT2D eigenvalue weighted by molar-refractivity contribution is -0.193. The molecule has 3 fully saturated rings. The van der Waals surface area contributed by atoms with E-state index in [0.29, 0.717) is 26.1 Å². The average molecular weight is 609 g/mol. The molecule has 2 saturated heterocycles. The number of benzene rings is 1. The highest BCUT2D eigenvalue weighted by Crippen LogP contribution is 2.42. The number of rotatable bonds is 9. The Bertz CT molecular complexity index is 1080. The highest BCUT2D eigenvalue weighted by atomic mass is 19.4. The van der Waals surface area contributed by atoms with Gasteiger partial charge in [0.1, 0.15) is 24.6 Å². The van der Waals surface area contributed by atoms with Crippen molar-refractivity contribution in [2.24, 2.45) is 11.8 Å². The van der Waals surface area contributed by atoms with Crippen LogP contribution in [0.2, 0.25) is 0 Å². The zero-order chi connectivity index (χ0) is 30.1. The molecule has 238 valence electrons. The van der Waals surface area contributed by atoms with Gasteiger partial charge < -0.3 is 28.4 Å². The summed E-state index contributed by atoms with van der Waals surface area (Å²) < 4.78 is 76.1. The van der Waals surface area contributed by atoms with E-state index in [-0.39, 0.29) is 48.7 Å². The van der Waals surface area contributed by atoms with E-state index in [1.165, 1.54) is 12.1 Å². The van der Waals surface area contributed by atoms with Crippen LogP contribution in [0, 0.1) is 11.8 Å². The second kappa shape index (κ2) is 15.5. The molecule has 2 unspecified atom stereocenters. The topological polar surface area (TPSA) is 72.5 Å². The number of alkyl halides is 3. The number of hydrogen-bond donors (Lipinski definition) is 0.